The molecule has 0 aliphatic carbocycles. The number of nitrogens with zero attached hydrogens (tertiary/aromatic N) is 3. The number of hydrogen-bond acceptors (Lipinski definition) is 4. The van der Waals surface area contributed by atoms with Crippen molar-refractivity contribution in [2.24, 2.45) is 5.92 Å². The minimum Gasteiger partial charge on any atom is -0.478 e. The van der Waals surface area contributed by atoms with Gasteiger partial charge in [-0.05, 0) is 24.8 Å². The lowest BCUT2D eigenvalue weighted by molar-refractivity contribution is 0.0607. The van der Waals surface area contributed by atoms with E-state index >= 15 is 0 Å². The smallest absolute Gasteiger partial charge is 0.337 e. The van der Waals surface area contributed by atoms with Crippen LogP contribution in [0.3, 0.4) is 0 Å². The number of imidazole rings is 1. The third kappa shape index (κ3) is 4.07. The van der Waals surface area contributed by atoms with Crippen LogP contribution < -0.4 is 0 Å². The van der Waals surface area contributed by atoms with Crippen LogP contribution in [0.15, 0.2) is 24.7 Å². The van der Waals surface area contributed by atoms with Crippen molar-refractivity contribution >= 4 is 5.97 Å². The van der Waals surface area contributed by atoms with Gasteiger partial charge in [-0.25, -0.2) is 9.78 Å². The van der Waals surface area contributed by atoms with Crippen LogP contribution in [0, 0.1) is 5.92 Å². The zero-order valence-electron chi connectivity index (χ0n) is 15.0. The van der Waals surface area contributed by atoms with Crippen molar-refractivity contribution < 1.29 is 14.6 Å². The molecule has 0 bridgehead atoms. The van der Waals surface area contributed by atoms with Gasteiger partial charge >= 0.3 is 5.97 Å². The summed E-state index contributed by atoms with van der Waals surface area (Å²) in [6.07, 6.45) is 7.18. The highest BCUT2D eigenvalue weighted by molar-refractivity contribution is 5.88. The van der Waals surface area contributed by atoms with Crippen LogP contribution in [0.2, 0.25) is 0 Å². The molecule has 0 aromatic carbocycles. The third-order valence-corrected chi connectivity index (χ3v) is 4.52. The van der Waals surface area contributed by atoms with E-state index in [1.807, 2.05) is 6.20 Å². The van der Waals surface area contributed by atoms with Gasteiger partial charge in [-0.1, -0.05) is 20.8 Å². The largest absolute Gasteiger partial charge is 0.478 e. The van der Waals surface area contributed by atoms with Crippen molar-refractivity contribution in [1.29, 1.82) is 0 Å². The summed E-state index contributed by atoms with van der Waals surface area (Å²) in [6, 6.07) is 1.63. The number of pyridine rings is 1. The molecule has 0 spiro atoms. The molecule has 1 aliphatic heterocycles. The standard InChI is InChI=1S/C19H25N3O3/c1-19(2,3)18-21-16(14-8-15(17(23)24)10-20-9-14)12-22(18)11-13-4-6-25-7-5-13/h8-10,12-13H,4-7,11H2,1-3H3,(H,23,24). The Labute approximate surface area is 147 Å². The fourth-order valence-corrected chi connectivity index (χ4v) is 3.20. The fraction of sp³-hybridized carbons (Fsp3) is 0.526. The Hall–Kier alpha value is -2.21. The number of carbonyl (C=O) groups is 1. The van der Waals surface area contributed by atoms with Gasteiger partial charge in [0.15, 0.2) is 0 Å². The van der Waals surface area contributed by atoms with E-state index in [1.54, 1.807) is 12.3 Å². The molecule has 0 amide bonds. The number of aromatic nitrogens is 3. The zero-order valence-corrected chi connectivity index (χ0v) is 15.0. The molecule has 1 N–H and O–H groups in total. The van der Waals surface area contributed by atoms with E-state index in [-0.39, 0.29) is 11.0 Å². The van der Waals surface area contributed by atoms with E-state index in [1.165, 1.54) is 6.20 Å². The molecule has 3 rings (SSSR count). The molecule has 0 saturated carbocycles. The first-order valence-electron chi connectivity index (χ1n) is 8.68. The Bertz CT molecular complexity index is 756. The van der Waals surface area contributed by atoms with Gasteiger partial charge in [-0.3, -0.25) is 4.98 Å². The van der Waals surface area contributed by atoms with Gasteiger partial charge in [0.05, 0.1) is 11.3 Å². The second kappa shape index (κ2) is 6.96. The summed E-state index contributed by atoms with van der Waals surface area (Å²) in [6.45, 7) is 8.99. The maximum atomic E-state index is 11.2. The molecule has 25 heavy (non-hydrogen) atoms. The Balaban J connectivity index is 1.95. The quantitative estimate of drug-likeness (QED) is 0.921. The van der Waals surface area contributed by atoms with Gasteiger partial charge in [0.1, 0.15) is 5.82 Å². The molecular formula is C19H25N3O3. The maximum Gasteiger partial charge on any atom is 0.337 e. The van der Waals surface area contributed by atoms with Crippen LogP contribution in [0.4, 0.5) is 0 Å². The minimum absolute atomic E-state index is 0.0960. The van der Waals surface area contributed by atoms with Crippen molar-refractivity contribution in [3.63, 3.8) is 0 Å². The van der Waals surface area contributed by atoms with E-state index in [0.717, 1.165) is 49.7 Å². The molecule has 1 aliphatic rings. The highest BCUT2D eigenvalue weighted by Gasteiger charge is 2.24. The first-order valence-corrected chi connectivity index (χ1v) is 8.68. The summed E-state index contributed by atoms with van der Waals surface area (Å²) >= 11 is 0. The maximum absolute atomic E-state index is 11.2. The van der Waals surface area contributed by atoms with E-state index in [0.29, 0.717) is 5.92 Å². The molecule has 0 radical (unpaired) electrons. The zero-order chi connectivity index (χ0) is 18.0. The number of carboxylic acids is 1. The molecule has 6 heteroatoms. The summed E-state index contributed by atoms with van der Waals surface area (Å²) in [5.74, 6) is 0.613. The van der Waals surface area contributed by atoms with E-state index in [2.05, 4.69) is 30.3 Å². The number of carboxylic acid groups (broad SMARTS) is 1. The van der Waals surface area contributed by atoms with Gasteiger partial charge in [0, 0.05) is 49.3 Å². The highest BCUT2D eigenvalue weighted by Crippen LogP contribution is 2.28. The second-order valence-corrected chi connectivity index (χ2v) is 7.68. The number of aromatic carboxylic acids is 1. The van der Waals surface area contributed by atoms with Crippen LogP contribution in [-0.2, 0) is 16.7 Å². The lowest BCUT2D eigenvalue weighted by atomic mass is 9.94. The van der Waals surface area contributed by atoms with Gasteiger partial charge in [-0.15, -0.1) is 0 Å². The van der Waals surface area contributed by atoms with Crippen LogP contribution in [0.25, 0.3) is 11.3 Å². The van der Waals surface area contributed by atoms with Crippen molar-refractivity contribution in [2.45, 2.75) is 45.6 Å². The van der Waals surface area contributed by atoms with E-state index in [4.69, 9.17) is 9.72 Å². The minimum atomic E-state index is -0.980. The lowest BCUT2D eigenvalue weighted by Gasteiger charge is -2.25. The molecule has 1 saturated heterocycles. The summed E-state index contributed by atoms with van der Waals surface area (Å²) < 4.78 is 7.68. The number of hydrogen-bond donors (Lipinski definition) is 1. The SMILES string of the molecule is CC(C)(C)c1nc(-c2cncc(C(=O)O)c2)cn1CC1CCOCC1. The van der Waals surface area contributed by atoms with Crippen LogP contribution in [0.1, 0.15) is 49.8 Å². The molecule has 134 valence electrons. The molecule has 6 nitrogen and oxygen atoms in total. The van der Waals surface area contributed by atoms with Crippen LogP contribution in [0.5, 0.6) is 0 Å². The van der Waals surface area contributed by atoms with Crippen molar-refractivity contribution in [1.82, 2.24) is 14.5 Å². The van der Waals surface area contributed by atoms with E-state index < -0.39 is 5.97 Å². The topological polar surface area (TPSA) is 77.2 Å². The summed E-state index contributed by atoms with van der Waals surface area (Å²) in [4.78, 5) is 20.1. The van der Waals surface area contributed by atoms with Crippen molar-refractivity contribution in [3.8, 4) is 11.3 Å². The lowest BCUT2D eigenvalue weighted by Crippen LogP contribution is -2.24. The molecule has 2 aromatic rings. The van der Waals surface area contributed by atoms with Gasteiger partial charge in [-0.2, -0.15) is 0 Å². The molecule has 1 fully saturated rings. The average Bonchev–Trinajstić information content (AvgIpc) is 3.00. The average molecular weight is 343 g/mol. The van der Waals surface area contributed by atoms with Crippen molar-refractivity contribution in [2.75, 3.05) is 13.2 Å². The predicted octanol–water partition coefficient (Wildman–Crippen LogP) is 3.37. The monoisotopic (exact) mass is 343 g/mol. The molecule has 0 unspecified atom stereocenters. The number of ether oxygens (including phenoxy) is 1. The summed E-state index contributed by atoms with van der Waals surface area (Å²) in [5.41, 5.74) is 1.58. The Morgan fingerprint density at radius 2 is 2.04 bits per heavy atom. The van der Waals surface area contributed by atoms with Gasteiger partial charge < -0.3 is 14.4 Å². The normalized spacial score (nSPS) is 16.1. The predicted molar refractivity (Wildman–Crippen MR) is 94.7 cm³/mol. The molecule has 2 aromatic heterocycles. The van der Waals surface area contributed by atoms with Gasteiger partial charge in [0.25, 0.3) is 0 Å². The van der Waals surface area contributed by atoms with Crippen LogP contribution in [-0.4, -0.2) is 38.8 Å². The van der Waals surface area contributed by atoms with E-state index in [9.17, 15) is 9.90 Å². The van der Waals surface area contributed by atoms with Crippen molar-refractivity contribution in [3.05, 3.63) is 36.0 Å². The third-order valence-electron chi connectivity index (χ3n) is 4.52. The molecule has 0 atom stereocenters. The highest BCUT2D eigenvalue weighted by atomic mass is 16.5. The Kier molecular flexibility index (Phi) is 4.90. The van der Waals surface area contributed by atoms with Gasteiger partial charge in [0.2, 0.25) is 0 Å². The first-order chi connectivity index (χ1) is 11.8. The summed E-state index contributed by atoms with van der Waals surface area (Å²) in [5, 5.41) is 9.18. The second-order valence-electron chi connectivity index (χ2n) is 7.68. The fourth-order valence-electron chi connectivity index (χ4n) is 3.20. The molecular weight excluding hydrogens is 318 g/mol. The Morgan fingerprint density at radius 3 is 2.68 bits per heavy atom. The first kappa shape index (κ1) is 17.6. The van der Waals surface area contributed by atoms with Crippen LogP contribution >= 0.6 is 0 Å². The summed E-state index contributed by atoms with van der Waals surface area (Å²) in [7, 11) is 0. The Morgan fingerprint density at radius 1 is 1.32 bits per heavy atom. The number of rotatable bonds is 4. The molecule has 3 heterocycles.